The zero-order valence-corrected chi connectivity index (χ0v) is 7.51. The lowest BCUT2D eigenvalue weighted by molar-refractivity contribution is -0.139. The van der Waals surface area contributed by atoms with Gasteiger partial charge in [0.15, 0.2) is 0 Å². The van der Waals surface area contributed by atoms with Crippen molar-refractivity contribution in [1.82, 2.24) is 0 Å². The largest absolute Gasteiger partial charge is 0.469 e. The van der Waals surface area contributed by atoms with E-state index in [0.29, 0.717) is 6.42 Å². The molecule has 0 spiro atoms. The Balaban J connectivity index is 2.38. The third-order valence-corrected chi connectivity index (χ3v) is 2.03. The normalized spacial score (nSPS) is 17.9. The van der Waals surface area contributed by atoms with Crippen LogP contribution < -0.4 is 0 Å². The van der Waals surface area contributed by atoms with E-state index in [1.54, 1.807) is 0 Å². The molecule has 0 radical (unpaired) electrons. The van der Waals surface area contributed by atoms with Crippen molar-refractivity contribution >= 4 is 11.7 Å². The van der Waals surface area contributed by atoms with Crippen molar-refractivity contribution in [3.63, 3.8) is 0 Å². The van der Waals surface area contributed by atoms with Gasteiger partial charge in [0.1, 0.15) is 0 Å². The third-order valence-electron chi connectivity index (χ3n) is 2.03. The van der Waals surface area contributed by atoms with Gasteiger partial charge in [0, 0.05) is 12.3 Å². The highest BCUT2D eigenvalue weighted by atomic mass is 16.5. The van der Waals surface area contributed by atoms with E-state index in [9.17, 15) is 4.79 Å². The van der Waals surface area contributed by atoms with Crippen molar-refractivity contribution in [3.8, 4) is 0 Å². The minimum absolute atomic E-state index is 0.171. The van der Waals surface area contributed by atoms with Gasteiger partial charge >= 0.3 is 5.97 Å². The third kappa shape index (κ3) is 3.03. The molecule has 12 heavy (non-hydrogen) atoms. The molecule has 0 fully saturated rings. The molecule has 0 saturated heterocycles. The first-order valence-electron chi connectivity index (χ1n) is 4.42. The van der Waals surface area contributed by atoms with E-state index in [0.717, 1.165) is 31.5 Å². The van der Waals surface area contributed by atoms with E-state index in [1.165, 1.54) is 13.5 Å². The zero-order chi connectivity index (χ0) is 8.81. The van der Waals surface area contributed by atoms with Crippen LogP contribution in [0, 0.1) is 0 Å². The van der Waals surface area contributed by atoms with E-state index in [-0.39, 0.29) is 5.97 Å². The number of carbonyl (C=O) groups excluding carboxylic acids is 1. The second-order valence-electron chi connectivity index (χ2n) is 3.01. The summed E-state index contributed by atoms with van der Waals surface area (Å²) in [6.45, 7) is 0.881. The summed E-state index contributed by atoms with van der Waals surface area (Å²) in [5.74, 6) is -0.171. The molecular weight excluding hydrogens is 154 g/mol. The van der Waals surface area contributed by atoms with Gasteiger partial charge in [-0.2, -0.15) is 0 Å². The molecule has 0 unspecified atom stereocenters. The fourth-order valence-corrected chi connectivity index (χ4v) is 1.32. The Morgan fingerprint density at radius 2 is 2.33 bits per heavy atom. The first-order chi connectivity index (χ1) is 5.83. The summed E-state index contributed by atoms with van der Waals surface area (Å²) in [5, 5.41) is 0. The van der Waals surface area contributed by atoms with Crippen LogP contribution in [0.5, 0.6) is 0 Å². The summed E-state index contributed by atoms with van der Waals surface area (Å²) in [6.07, 6.45) is 4.90. The maximum Gasteiger partial charge on any atom is 0.311 e. The highest BCUT2D eigenvalue weighted by molar-refractivity contribution is 5.98. The molecule has 0 aromatic carbocycles. The molecule has 68 valence electrons. The van der Waals surface area contributed by atoms with Gasteiger partial charge < -0.3 is 4.74 Å². The van der Waals surface area contributed by atoms with Gasteiger partial charge in [-0.1, -0.05) is 6.42 Å². The molecule has 0 N–H and O–H groups in total. The SMILES string of the molecule is COC(=O)CC1=NCCCCC1. The van der Waals surface area contributed by atoms with Crippen LogP contribution in [0.25, 0.3) is 0 Å². The standard InChI is InChI=1S/C9H15NO2/c1-12-9(11)7-8-5-3-2-4-6-10-8/h2-7H2,1H3. The number of nitrogens with zero attached hydrogens (tertiary/aromatic N) is 1. The fraction of sp³-hybridized carbons (Fsp3) is 0.778. The second kappa shape index (κ2) is 4.91. The van der Waals surface area contributed by atoms with Crippen molar-refractivity contribution in [2.24, 2.45) is 4.99 Å². The van der Waals surface area contributed by atoms with Crippen molar-refractivity contribution < 1.29 is 9.53 Å². The van der Waals surface area contributed by atoms with Gasteiger partial charge in [0.05, 0.1) is 13.5 Å². The Morgan fingerprint density at radius 1 is 1.50 bits per heavy atom. The molecule has 1 rings (SSSR count). The predicted molar refractivity (Wildman–Crippen MR) is 47.4 cm³/mol. The number of ether oxygens (including phenoxy) is 1. The van der Waals surface area contributed by atoms with Crippen LogP contribution in [0.4, 0.5) is 0 Å². The maximum absolute atomic E-state index is 10.9. The van der Waals surface area contributed by atoms with Gasteiger partial charge in [-0.25, -0.2) is 0 Å². The summed E-state index contributed by atoms with van der Waals surface area (Å²) < 4.78 is 4.57. The first kappa shape index (κ1) is 9.23. The quantitative estimate of drug-likeness (QED) is 0.588. The lowest BCUT2D eigenvalue weighted by Crippen LogP contribution is -2.09. The topological polar surface area (TPSA) is 38.7 Å². The van der Waals surface area contributed by atoms with Crippen molar-refractivity contribution in [2.75, 3.05) is 13.7 Å². The monoisotopic (exact) mass is 169 g/mol. The second-order valence-corrected chi connectivity index (χ2v) is 3.01. The molecule has 0 atom stereocenters. The Bertz CT molecular complexity index is 187. The summed E-state index contributed by atoms with van der Waals surface area (Å²) >= 11 is 0. The summed E-state index contributed by atoms with van der Waals surface area (Å²) in [7, 11) is 1.42. The Kier molecular flexibility index (Phi) is 3.77. The number of rotatable bonds is 2. The number of hydrogen-bond acceptors (Lipinski definition) is 3. The van der Waals surface area contributed by atoms with Gasteiger partial charge in [0.25, 0.3) is 0 Å². The summed E-state index contributed by atoms with van der Waals surface area (Å²) in [6, 6.07) is 0. The highest BCUT2D eigenvalue weighted by Gasteiger charge is 2.08. The molecule has 0 amide bonds. The molecule has 0 saturated carbocycles. The number of hydrogen-bond donors (Lipinski definition) is 0. The van der Waals surface area contributed by atoms with Crippen LogP contribution in [0.3, 0.4) is 0 Å². The van der Waals surface area contributed by atoms with Crippen LogP contribution in [0.15, 0.2) is 4.99 Å². The van der Waals surface area contributed by atoms with Crippen molar-refractivity contribution in [1.29, 1.82) is 0 Å². The number of methoxy groups -OCH3 is 1. The molecule has 0 aliphatic carbocycles. The molecule has 1 aliphatic heterocycles. The summed E-state index contributed by atoms with van der Waals surface area (Å²) in [5.41, 5.74) is 1.01. The molecule has 3 nitrogen and oxygen atoms in total. The molecule has 1 aliphatic rings. The Labute approximate surface area is 72.8 Å². The molecular formula is C9H15NO2. The molecule has 0 aromatic heterocycles. The number of carbonyl (C=O) groups is 1. The van der Waals surface area contributed by atoms with Gasteiger partial charge in [-0.3, -0.25) is 9.79 Å². The van der Waals surface area contributed by atoms with E-state index in [1.807, 2.05) is 0 Å². The lowest BCUT2D eigenvalue weighted by atomic mass is 10.1. The average molecular weight is 169 g/mol. The molecule has 3 heteroatoms. The minimum atomic E-state index is -0.171. The molecule has 0 bridgehead atoms. The van der Waals surface area contributed by atoms with Crippen LogP contribution >= 0.6 is 0 Å². The molecule has 0 aromatic rings. The fourth-order valence-electron chi connectivity index (χ4n) is 1.32. The summed E-state index contributed by atoms with van der Waals surface area (Å²) in [4.78, 5) is 15.2. The van der Waals surface area contributed by atoms with Crippen molar-refractivity contribution in [3.05, 3.63) is 0 Å². The smallest absolute Gasteiger partial charge is 0.311 e. The van der Waals surface area contributed by atoms with E-state index in [2.05, 4.69) is 9.73 Å². The Hall–Kier alpha value is -0.860. The highest BCUT2D eigenvalue weighted by Crippen LogP contribution is 2.09. The van der Waals surface area contributed by atoms with E-state index in [4.69, 9.17) is 0 Å². The average Bonchev–Trinajstić information content (AvgIpc) is 2.33. The van der Waals surface area contributed by atoms with E-state index >= 15 is 0 Å². The Morgan fingerprint density at radius 3 is 3.08 bits per heavy atom. The predicted octanol–water partition coefficient (Wildman–Crippen LogP) is 1.56. The van der Waals surface area contributed by atoms with Crippen LogP contribution in [-0.4, -0.2) is 25.3 Å². The van der Waals surface area contributed by atoms with E-state index < -0.39 is 0 Å². The van der Waals surface area contributed by atoms with Crippen LogP contribution in [0.2, 0.25) is 0 Å². The van der Waals surface area contributed by atoms with Gasteiger partial charge in [-0.15, -0.1) is 0 Å². The minimum Gasteiger partial charge on any atom is -0.469 e. The number of aliphatic imine (C=N–C) groups is 1. The first-order valence-corrected chi connectivity index (χ1v) is 4.42. The number of esters is 1. The lowest BCUT2D eigenvalue weighted by Gasteiger charge is -2.01. The van der Waals surface area contributed by atoms with Crippen LogP contribution in [0.1, 0.15) is 32.1 Å². The van der Waals surface area contributed by atoms with Gasteiger partial charge in [0.2, 0.25) is 0 Å². The maximum atomic E-state index is 10.9. The molecule has 1 heterocycles. The zero-order valence-electron chi connectivity index (χ0n) is 7.51. The van der Waals surface area contributed by atoms with Crippen LogP contribution in [-0.2, 0) is 9.53 Å². The van der Waals surface area contributed by atoms with Gasteiger partial charge in [-0.05, 0) is 19.3 Å². The van der Waals surface area contributed by atoms with Crippen molar-refractivity contribution in [2.45, 2.75) is 32.1 Å².